The number of aryl methyl sites for hydroxylation is 2. The molecule has 1 aromatic heterocycles. The van der Waals surface area contributed by atoms with Gasteiger partial charge in [-0.1, -0.05) is 6.07 Å². The number of hydrogen-bond donors (Lipinski definition) is 2. The van der Waals surface area contributed by atoms with Gasteiger partial charge in [0.25, 0.3) is 0 Å². The maximum atomic E-state index is 5.32. The summed E-state index contributed by atoms with van der Waals surface area (Å²) in [5, 5.41) is 11.3. The summed E-state index contributed by atoms with van der Waals surface area (Å²) in [5.41, 5.74) is 4.23. The molecular formula is C15H20N4OS. The van der Waals surface area contributed by atoms with E-state index in [-0.39, 0.29) is 0 Å². The van der Waals surface area contributed by atoms with Crippen LogP contribution in [0.15, 0.2) is 24.3 Å². The van der Waals surface area contributed by atoms with E-state index in [4.69, 9.17) is 17.0 Å². The van der Waals surface area contributed by atoms with Gasteiger partial charge >= 0.3 is 0 Å². The molecule has 2 N–H and O–H groups in total. The number of aromatic nitrogens is 2. The first kappa shape index (κ1) is 15.3. The minimum absolute atomic E-state index is 0.575. The van der Waals surface area contributed by atoms with E-state index in [0.29, 0.717) is 11.7 Å². The highest BCUT2D eigenvalue weighted by Gasteiger charge is 2.09. The number of methoxy groups -OCH3 is 1. The first-order valence-electron chi connectivity index (χ1n) is 6.69. The Bertz CT molecular complexity index is 651. The number of nitrogens with zero attached hydrogens (tertiary/aromatic N) is 2. The maximum Gasteiger partial charge on any atom is 0.171 e. The van der Waals surface area contributed by atoms with E-state index >= 15 is 0 Å². The average Bonchev–Trinajstić information content (AvgIpc) is 2.70. The molecule has 6 heteroatoms. The van der Waals surface area contributed by atoms with Gasteiger partial charge in [-0.25, -0.2) is 0 Å². The molecule has 2 rings (SSSR count). The Morgan fingerprint density at radius 3 is 2.76 bits per heavy atom. The first-order chi connectivity index (χ1) is 10.0. The maximum absolute atomic E-state index is 5.32. The number of thiocarbonyl (C=S) groups is 1. The number of nitrogens with one attached hydrogen (secondary N) is 2. The van der Waals surface area contributed by atoms with Gasteiger partial charge in [0.2, 0.25) is 0 Å². The van der Waals surface area contributed by atoms with Crippen LogP contribution in [-0.2, 0) is 13.6 Å². The Hall–Kier alpha value is -2.08. The first-order valence-corrected chi connectivity index (χ1v) is 7.10. The molecule has 0 aliphatic heterocycles. The van der Waals surface area contributed by atoms with Crippen molar-refractivity contribution in [2.24, 2.45) is 7.05 Å². The largest absolute Gasteiger partial charge is 0.497 e. The van der Waals surface area contributed by atoms with E-state index in [0.717, 1.165) is 22.8 Å². The van der Waals surface area contributed by atoms with Gasteiger partial charge in [0.05, 0.1) is 12.8 Å². The molecule has 5 nitrogen and oxygen atoms in total. The molecule has 0 amide bonds. The van der Waals surface area contributed by atoms with Crippen molar-refractivity contribution in [3.63, 3.8) is 0 Å². The highest BCUT2D eigenvalue weighted by molar-refractivity contribution is 7.80. The molecule has 0 saturated carbocycles. The van der Waals surface area contributed by atoms with Crippen LogP contribution in [0.25, 0.3) is 0 Å². The van der Waals surface area contributed by atoms with Crippen molar-refractivity contribution in [3.8, 4) is 5.75 Å². The molecule has 0 saturated heterocycles. The quantitative estimate of drug-likeness (QED) is 0.850. The van der Waals surface area contributed by atoms with E-state index in [1.54, 1.807) is 7.11 Å². The van der Waals surface area contributed by atoms with Crippen molar-refractivity contribution < 1.29 is 4.74 Å². The van der Waals surface area contributed by atoms with Crippen LogP contribution in [0, 0.1) is 13.8 Å². The molecular weight excluding hydrogens is 284 g/mol. The summed E-state index contributed by atoms with van der Waals surface area (Å²) in [5.74, 6) is 0.793. The van der Waals surface area contributed by atoms with Gasteiger partial charge in [-0.15, -0.1) is 0 Å². The monoisotopic (exact) mass is 304 g/mol. The van der Waals surface area contributed by atoms with Crippen LogP contribution < -0.4 is 15.4 Å². The third-order valence-electron chi connectivity index (χ3n) is 3.41. The SMILES string of the molecule is COc1cccc(NC(=S)NCc2c(C)nn(C)c2C)c1. The number of anilines is 1. The second-order valence-electron chi connectivity index (χ2n) is 4.81. The lowest BCUT2D eigenvalue weighted by Gasteiger charge is -2.11. The Morgan fingerprint density at radius 2 is 2.14 bits per heavy atom. The summed E-state index contributed by atoms with van der Waals surface area (Å²) < 4.78 is 7.07. The van der Waals surface area contributed by atoms with Crippen LogP contribution in [0.5, 0.6) is 5.75 Å². The van der Waals surface area contributed by atoms with E-state index in [9.17, 15) is 0 Å². The fourth-order valence-corrected chi connectivity index (χ4v) is 2.31. The van der Waals surface area contributed by atoms with Gasteiger partial charge in [0, 0.05) is 36.6 Å². The molecule has 1 aromatic carbocycles. The standard InChI is InChI=1S/C15H20N4OS/c1-10-14(11(2)19(3)18-10)9-16-15(21)17-12-6-5-7-13(8-12)20-4/h5-8H,9H2,1-4H3,(H2,16,17,21). The lowest BCUT2D eigenvalue weighted by atomic mass is 10.2. The minimum atomic E-state index is 0.575. The van der Waals surface area contributed by atoms with Crippen molar-refractivity contribution in [2.45, 2.75) is 20.4 Å². The molecule has 0 bridgehead atoms. The zero-order valence-corrected chi connectivity index (χ0v) is 13.5. The molecule has 0 aliphatic rings. The Balaban J connectivity index is 1.96. The Labute approximate surface area is 130 Å². The van der Waals surface area contributed by atoms with Crippen molar-refractivity contribution >= 4 is 23.0 Å². The second kappa shape index (κ2) is 6.58. The van der Waals surface area contributed by atoms with Gasteiger partial charge in [-0.3, -0.25) is 4.68 Å². The van der Waals surface area contributed by atoms with Crippen LogP contribution in [0.1, 0.15) is 17.0 Å². The number of benzene rings is 1. The number of rotatable bonds is 4. The van der Waals surface area contributed by atoms with Crippen LogP contribution in [0.2, 0.25) is 0 Å². The summed E-state index contributed by atoms with van der Waals surface area (Å²) >= 11 is 5.32. The van der Waals surface area contributed by atoms with Crippen molar-refractivity contribution in [3.05, 3.63) is 41.2 Å². The molecule has 0 radical (unpaired) electrons. The smallest absolute Gasteiger partial charge is 0.171 e. The minimum Gasteiger partial charge on any atom is -0.497 e. The zero-order valence-electron chi connectivity index (χ0n) is 12.7. The van der Waals surface area contributed by atoms with E-state index in [1.165, 1.54) is 5.56 Å². The van der Waals surface area contributed by atoms with Gasteiger partial charge in [0.1, 0.15) is 5.75 Å². The van der Waals surface area contributed by atoms with Gasteiger partial charge in [0.15, 0.2) is 5.11 Å². The molecule has 0 atom stereocenters. The van der Waals surface area contributed by atoms with E-state index < -0.39 is 0 Å². The molecule has 0 aliphatic carbocycles. The summed E-state index contributed by atoms with van der Waals surface area (Å²) in [6.07, 6.45) is 0. The number of hydrogen-bond acceptors (Lipinski definition) is 3. The predicted octanol–water partition coefficient (Wildman–Crippen LogP) is 2.53. The molecule has 21 heavy (non-hydrogen) atoms. The van der Waals surface area contributed by atoms with Crippen LogP contribution in [0.4, 0.5) is 5.69 Å². The zero-order chi connectivity index (χ0) is 15.4. The summed E-state index contributed by atoms with van der Waals surface area (Å²) in [6, 6.07) is 7.65. The lowest BCUT2D eigenvalue weighted by Crippen LogP contribution is -2.28. The van der Waals surface area contributed by atoms with Crippen LogP contribution >= 0.6 is 12.2 Å². The third kappa shape index (κ3) is 3.72. The number of ether oxygens (including phenoxy) is 1. The topological polar surface area (TPSA) is 51.1 Å². The van der Waals surface area contributed by atoms with Crippen molar-refractivity contribution in [2.75, 3.05) is 12.4 Å². The van der Waals surface area contributed by atoms with Gasteiger partial charge in [-0.2, -0.15) is 5.10 Å². The average molecular weight is 304 g/mol. The fourth-order valence-electron chi connectivity index (χ4n) is 2.12. The second-order valence-corrected chi connectivity index (χ2v) is 5.22. The molecule has 0 fully saturated rings. The normalized spacial score (nSPS) is 10.3. The summed E-state index contributed by atoms with van der Waals surface area (Å²) in [4.78, 5) is 0. The van der Waals surface area contributed by atoms with Crippen molar-refractivity contribution in [1.82, 2.24) is 15.1 Å². The lowest BCUT2D eigenvalue weighted by molar-refractivity contribution is 0.415. The molecule has 112 valence electrons. The third-order valence-corrected chi connectivity index (χ3v) is 3.66. The Morgan fingerprint density at radius 1 is 1.38 bits per heavy atom. The summed E-state index contributed by atoms with van der Waals surface area (Å²) in [6.45, 7) is 4.71. The molecule has 1 heterocycles. The highest BCUT2D eigenvalue weighted by Crippen LogP contribution is 2.16. The van der Waals surface area contributed by atoms with Gasteiger partial charge < -0.3 is 15.4 Å². The van der Waals surface area contributed by atoms with Crippen LogP contribution in [-0.4, -0.2) is 22.0 Å². The molecule has 0 unspecified atom stereocenters. The fraction of sp³-hybridized carbons (Fsp3) is 0.333. The van der Waals surface area contributed by atoms with E-state index in [2.05, 4.69) is 22.7 Å². The molecule has 2 aromatic rings. The Kier molecular flexibility index (Phi) is 4.80. The van der Waals surface area contributed by atoms with Gasteiger partial charge in [-0.05, 0) is 38.2 Å². The molecule has 0 spiro atoms. The van der Waals surface area contributed by atoms with Crippen LogP contribution in [0.3, 0.4) is 0 Å². The highest BCUT2D eigenvalue weighted by atomic mass is 32.1. The summed E-state index contributed by atoms with van der Waals surface area (Å²) in [7, 11) is 3.59. The predicted molar refractivity (Wildman–Crippen MR) is 88.7 cm³/mol. The van der Waals surface area contributed by atoms with Crippen molar-refractivity contribution in [1.29, 1.82) is 0 Å². The van der Waals surface area contributed by atoms with E-state index in [1.807, 2.05) is 42.9 Å².